The van der Waals surface area contributed by atoms with Gasteiger partial charge < -0.3 is 14.6 Å². The van der Waals surface area contributed by atoms with E-state index in [4.69, 9.17) is 4.74 Å². The summed E-state index contributed by atoms with van der Waals surface area (Å²) in [5, 5.41) is 9.76. The second-order valence-corrected chi connectivity index (χ2v) is 6.11. The molecule has 12 heteroatoms. The van der Waals surface area contributed by atoms with E-state index in [-0.39, 0.29) is 19.3 Å². The molecule has 4 nitrogen and oxygen atoms in total. The van der Waals surface area contributed by atoms with Crippen LogP contribution in [0.5, 0.6) is 0 Å². The molecule has 0 aromatic rings. The van der Waals surface area contributed by atoms with Crippen molar-refractivity contribution in [3.05, 3.63) is 0 Å². The van der Waals surface area contributed by atoms with Crippen LogP contribution in [0.4, 0.5) is 35.1 Å². The highest BCUT2D eigenvalue weighted by molar-refractivity contribution is 5.66. The Morgan fingerprint density at radius 2 is 1.73 bits per heavy atom. The molecule has 0 heterocycles. The van der Waals surface area contributed by atoms with Gasteiger partial charge in [0, 0.05) is 13.5 Å². The van der Waals surface area contributed by atoms with Gasteiger partial charge in [-0.2, -0.15) is 26.3 Å². The average molecular weight is 402 g/mol. The number of carbonyl (C=O) groups excluding carboxylic acids is 1. The van der Waals surface area contributed by atoms with Gasteiger partial charge in [0.1, 0.15) is 12.7 Å². The third-order valence-corrected chi connectivity index (χ3v) is 3.97. The molecule has 3 unspecified atom stereocenters. The molecule has 0 bridgehead atoms. The zero-order valence-electron chi connectivity index (χ0n) is 13.5. The zero-order valence-corrected chi connectivity index (χ0v) is 13.5. The number of hydrogen-bond acceptors (Lipinski definition) is 4. The SMILES string of the molecule is CC(=O)OC1CCC(COCC(F)(F)C(F)(F)C(F)(F)C(F)F)CC1O. The van der Waals surface area contributed by atoms with E-state index in [1.807, 2.05) is 0 Å². The van der Waals surface area contributed by atoms with Crippen LogP contribution < -0.4 is 0 Å². The maximum Gasteiger partial charge on any atom is 0.380 e. The molecule has 26 heavy (non-hydrogen) atoms. The van der Waals surface area contributed by atoms with Gasteiger partial charge in [-0.25, -0.2) is 8.78 Å². The summed E-state index contributed by atoms with van der Waals surface area (Å²) in [5.74, 6) is -19.3. The van der Waals surface area contributed by atoms with Crippen LogP contribution in [-0.2, 0) is 14.3 Å². The minimum absolute atomic E-state index is 0.0624. The highest BCUT2D eigenvalue weighted by Crippen LogP contribution is 2.48. The number of rotatable bonds is 8. The van der Waals surface area contributed by atoms with Crippen molar-refractivity contribution >= 4 is 5.97 Å². The molecule has 0 aromatic carbocycles. The lowest BCUT2D eigenvalue weighted by molar-refractivity contribution is -0.346. The fourth-order valence-electron chi connectivity index (χ4n) is 2.53. The first-order chi connectivity index (χ1) is 11.7. The first-order valence-corrected chi connectivity index (χ1v) is 7.57. The number of carbonyl (C=O) groups is 1. The minimum Gasteiger partial charge on any atom is -0.460 e. The van der Waals surface area contributed by atoms with Crippen LogP contribution in [0.25, 0.3) is 0 Å². The summed E-state index contributed by atoms with van der Waals surface area (Å²) in [4.78, 5) is 10.8. The number of esters is 1. The van der Waals surface area contributed by atoms with E-state index in [1.54, 1.807) is 0 Å². The molecule has 0 amide bonds. The largest absolute Gasteiger partial charge is 0.460 e. The van der Waals surface area contributed by atoms with Crippen LogP contribution in [0.2, 0.25) is 0 Å². The van der Waals surface area contributed by atoms with Gasteiger partial charge in [-0.3, -0.25) is 4.79 Å². The third-order valence-electron chi connectivity index (χ3n) is 3.97. The molecule has 1 saturated carbocycles. The number of halogens is 8. The van der Waals surface area contributed by atoms with Crippen LogP contribution in [0.3, 0.4) is 0 Å². The molecule has 0 radical (unpaired) electrons. The van der Waals surface area contributed by atoms with Gasteiger partial charge in [0.2, 0.25) is 0 Å². The predicted molar refractivity (Wildman–Crippen MR) is 70.6 cm³/mol. The zero-order chi connectivity index (χ0) is 20.3. The highest BCUT2D eigenvalue weighted by Gasteiger charge is 2.75. The van der Waals surface area contributed by atoms with Gasteiger partial charge in [0.05, 0.1) is 6.10 Å². The number of aliphatic hydroxyl groups is 1. The summed E-state index contributed by atoms with van der Waals surface area (Å²) in [7, 11) is 0. The third kappa shape index (κ3) is 4.96. The number of alkyl halides is 8. The molecule has 0 saturated heterocycles. The Balaban J connectivity index is 2.56. The van der Waals surface area contributed by atoms with Crippen molar-refractivity contribution in [1.82, 2.24) is 0 Å². The van der Waals surface area contributed by atoms with Crippen LogP contribution in [-0.4, -0.2) is 60.7 Å². The molecule has 0 spiro atoms. The van der Waals surface area contributed by atoms with Crippen LogP contribution >= 0.6 is 0 Å². The van der Waals surface area contributed by atoms with Gasteiger partial charge in [0.15, 0.2) is 0 Å². The Bertz CT molecular complexity index is 486. The standard InChI is InChI=1S/C14H18F8O4/c1-7(23)26-10-3-2-8(4-9(10)24)5-25-6-12(17,18)14(21,22)13(19,20)11(15)16/h8-11,24H,2-6H2,1H3. The average Bonchev–Trinajstić information content (AvgIpc) is 2.48. The van der Waals surface area contributed by atoms with E-state index in [0.717, 1.165) is 6.92 Å². The van der Waals surface area contributed by atoms with E-state index in [0.29, 0.717) is 0 Å². The van der Waals surface area contributed by atoms with Crippen molar-refractivity contribution in [3.63, 3.8) is 0 Å². The highest BCUT2D eigenvalue weighted by atomic mass is 19.4. The van der Waals surface area contributed by atoms with Crippen LogP contribution in [0, 0.1) is 5.92 Å². The lowest BCUT2D eigenvalue weighted by Crippen LogP contribution is -2.59. The van der Waals surface area contributed by atoms with E-state index in [1.165, 1.54) is 0 Å². The molecular weight excluding hydrogens is 384 g/mol. The van der Waals surface area contributed by atoms with Gasteiger partial charge in [0.25, 0.3) is 0 Å². The normalized spacial score (nSPS) is 25.4. The number of hydrogen-bond donors (Lipinski definition) is 1. The second kappa shape index (κ2) is 8.24. The van der Waals surface area contributed by atoms with E-state index in [9.17, 15) is 45.0 Å². The Morgan fingerprint density at radius 1 is 1.15 bits per heavy atom. The monoisotopic (exact) mass is 402 g/mol. The van der Waals surface area contributed by atoms with Gasteiger partial charge in [-0.05, 0) is 25.2 Å². The molecule has 0 aromatic heterocycles. The molecule has 1 rings (SSSR count). The predicted octanol–water partition coefficient (Wildman–Crippen LogP) is 3.27. The maximum atomic E-state index is 13.3. The molecule has 0 aliphatic heterocycles. The molecule has 1 fully saturated rings. The van der Waals surface area contributed by atoms with Crippen molar-refractivity contribution < 1.29 is 54.5 Å². The molecule has 154 valence electrons. The maximum absolute atomic E-state index is 13.3. The van der Waals surface area contributed by atoms with E-state index < -0.39 is 61.5 Å². The van der Waals surface area contributed by atoms with Gasteiger partial charge in [-0.15, -0.1) is 0 Å². The molecule has 1 N–H and O–H groups in total. The first-order valence-electron chi connectivity index (χ1n) is 7.57. The van der Waals surface area contributed by atoms with Crippen molar-refractivity contribution in [2.24, 2.45) is 5.92 Å². The van der Waals surface area contributed by atoms with Crippen LogP contribution in [0.1, 0.15) is 26.2 Å². The van der Waals surface area contributed by atoms with Crippen LogP contribution in [0.15, 0.2) is 0 Å². The minimum atomic E-state index is -6.30. The summed E-state index contributed by atoms with van der Waals surface area (Å²) < 4.78 is 111. The summed E-state index contributed by atoms with van der Waals surface area (Å²) in [6.07, 6.45) is -6.59. The summed E-state index contributed by atoms with van der Waals surface area (Å²) in [6.45, 7) is -1.66. The first kappa shape index (κ1) is 22.9. The Labute approximate surface area is 143 Å². The topological polar surface area (TPSA) is 55.8 Å². The van der Waals surface area contributed by atoms with Crippen molar-refractivity contribution in [3.8, 4) is 0 Å². The van der Waals surface area contributed by atoms with E-state index in [2.05, 4.69) is 4.74 Å². The van der Waals surface area contributed by atoms with Gasteiger partial charge >= 0.3 is 30.2 Å². The molecule has 1 aliphatic rings. The summed E-state index contributed by atoms with van der Waals surface area (Å²) in [5.41, 5.74) is 0. The van der Waals surface area contributed by atoms with E-state index >= 15 is 0 Å². The Morgan fingerprint density at radius 3 is 2.19 bits per heavy atom. The Hall–Kier alpha value is -1.17. The fraction of sp³-hybridized carbons (Fsp3) is 0.929. The smallest absolute Gasteiger partial charge is 0.380 e. The quantitative estimate of drug-likeness (QED) is 0.500. The summed E-state index contributed by atoms with van der Waals surface area (Å²) >= 11 is 0. The fourth-order valence-corrected chi connectivity index (χ4v) is 2.53. The van der Waals surface area contributed by atoms with Crippen molar-refractivity contribution in [2.45, 2.75) is 62.6 Å². The number of ether oxygens (including phenoxy) is 2. The van der Waals surface area contributed by atoms with Gasteiger partial charge in [-0.1, -0.05) is 0 Å². The second-order valence-electron chi connectivity index (χ2n) is 6.11. The lowest BCUT2D eigenvalue weighted by atomic mass is 9.86. The van der Waals surface area contributed by atoms with Crippen molar-refractivity contribution in [2.75, 3.05) is 13.2 Å². The molecule has 1 aliphatic carbocycles. The Kier molecular flexibility index (Phi) is 7.25. The summed E-state index contributed by atoms with van der Waals surface area (Å²) in [6, 6.07) is 0. The van der Waals surface area contributed by atoms with Crippen molar-refractivity contribution in [1.29, 1.82) is 0 Å². The molecule has 3 atom stereocenters. The number of aliphatic hydroxyl groups excluding tert-OH is 1. The lowest BCUT2D eigenvalue weighted by Gasteiger charge is -2.34. The molecular formula is C14H18F8O4.